The molecule has 0 aliphatic heterocycles. The quantitative estimate of drug-likeness (QED) is 0.407. The van der Waals surface area contributed by atoms with Gasteiger partial charge in [-0.15, -0.1) is 0 Å². The second-order valence-electron chi connectivity index (χ2n) is 7.89. The first-order valence-corrected chi connectivity index (χ1v) is 10.6. The van der Waals surface area contributed by atoms with E-state index in [2.05, 4.69) is 24.1 Å². The number of aromatic nitrogens is 1. The Bertz CT molecular complexity index is 1050. The average molecular weight is 448 g/mol. The molecule has 0 atom stereocenters. The molecule has 3 N–H and O–H groups in total. The molecule has 0 aliphatic carbocycles. The first-order valence-electron chi connectivity index (χ1n) is 9.83. The molecule has 0 saturated carbocycles. The molecule has 0 aliphatic rings. The zero-order valence-electron chi connectivity index (χ0n) is 17.7. The molecular formula is C23H27Cl2N3O2. The number of fused-ring (bicyclic) bond motifs is 1. The van der Waals surface area contributed by atoms with E-state index >= 15 is 0 Å². The lowest BCUT2D eigenvalue weighted by atomic mass is 9.97. The first-order chi connectivity index (χ1) is 14.3. The summed E-state index contributed by atoms with van der Waals surface area (Å²) in [7, 11) is 1.62. The number of anilines is 1. The van der Waals surface area contributed by atoms with Gasteiger partial charge >= 0.3 is 0 Å². The fraction of sp³-hybridized carbons (Fsp3) is 0.348. The zero-order valence-corrected chi connectivity index (χ0v) is 19.2. The van der Waals surface area contributed by atoms with Crippen LogP contribution in [0.25, 0.3) is 10.9 Å². The molecule has 0 spiro atoms. The number of methoxy groups -OCH3 is 1. The van der Waals surface area contributed by atoms with Crippen LogP contribution in [0.2, 0.25) is 10.0 Å². The van der Waals surface area contributed by atoms with E-state index in [1.54, 1.807) is 31.5 Å². The van der Waals surface area contributed by atoms with Crippen LogP contribution in [0.4, 0.5) is 5.69 Å². The molecule has 30 heavy (non-hydrogen) atoms. The topological polar surface area (TPSA) is 69.4 Å². The van der Waals surface area contributed by atoms with Crippen molar-refractivity contribution in [2.24, 2.45) is 5.73 Å². The number of aryl methyl sites for hydroxylation is 1. The lowest BCUT2D eigenvalue weighted by molar-refractivity contribution is 0.381. The highest BCUT2D eigenvalue weighted by Crippen LogP contribution is 2.44. The molecule has 3 rings (SSSR count). The Kier molecular flexibility index (Phi) is 6.96. The van der Waals surface area contributed by atoms with E-state index < -0.39 is 0 Å². The lowest BCUT2D eigenvalue weighted by Crippen LogP contribution is -2.31. The third kappa shape index (κ3) is 4.91. The van der Waals surface area contributed by atoms with Gasteiger partial charge in [0.2, 0.25) is 0 Å². The van der Waals surface area contributed by atoms with Crippen LogP contribution >= 0.6 is 23.2 Å². The van der Waals surface area contributed by atoms with Crippen LogP contribution in [0.15, 0.2) is 36.5 Å². The second kappa shape index (κ2) is 9.29. The minimum Gasteiger partial charge on any atom is -0.493 e. The average Bonchev–Trinajstić information content (AvgIpc) is 2.70. The molecular weight excluding hydrogens is 421 g/mol. The Balaban J connectivity index is 2.13. The highest BCUT2D eigenvalue weighted by Gasteiger charge is 2.23. The van der Waals surface area contributed by atoms with E-state index in [1.807, 2.05) is 19.1 Å². The summed E-state index contributed by atoms with van der Waals surface area (Å²) >= 11 is 12.2. The minimum absolute atomic E-state index is 0.158. The van der Waals surface area contributed by atoms with E-state index in [4.69, 9.17) is 38.4 Å². The van der Waals surface area contributed by atoms with Crippen LogP contribution < -0.4 is 20.5 Å². The number of hydrogen-bond acceptors (Lipinski definition) is 5. The van der Waals surface area contributed by atoms with Crippen LogP contribution in [0.5, 0.6) is 17.2 Å². The van der Waals surface area contributed by atoms with Gasteiger partial charge in [0.1, 0.15) is 5.75 Å². The van der Waals surface area contributed by atoms with E-state index in [1.165, 1.54) is 0 Å². The Hall–Kier alpha value is -2.21. The summed E-state index contributed by atoms with van der Waals surface area (Å²) < 4.78 is 11.9. The molecule has 0 fully saturated rings. The summed E-state index contributed by atoms with van der Waals surface area (Å²) in [5.41, 5.74) is 8.27. The largest absolute Gasteiger partial charge is 0.493 e. The number of benzene rings is 2. The van der Waals surface area contributed by atoms with Crippen molar-refractivity contribution >= 4 is 39.8 Å². The smallest absolute Gasteiger partial charge is 0.179 e. The molecule has 0 saturated heterocycles. The molecule has 3 aromatic rings. The van der Waals surface area contributed by atoms with Gasteiger partial charge in [-0.2, -0.15) is 0 Å². The maximum absolute atomic E-state index is 6.23. The monoisotopic (exact) mass is 447 g/mol. The molecule has 0 bridgehead atoms. The molecule has 7 heteroatoms. The fourth-order valence-corrected chi connectivity index (χ4v) is 3.70. The number of nitrogens with one attached hydrogen (secondary N) is 1. The third-order valence-electron chi connectivity index (χ3n) is 4.95. The fourth-order valence-electron chi connectivity index (χ4n) is 3.41. The maximum Gasteiger partial charge on any atom is 0.179 e. The molecule has 160 valence electrons. The lowest BCUT2D eigenvalue weighted by Gasteiger charge is -2.29. The molecule has 0 amide bonds. The van der Waals surface area contributed by atoms with Crippen LogP contribution in [0.1, 0.15) is 32.3 Å². The van der Waals surface area contributed by atoms with E-state index in [0.717, 1.165) is 35.0 Å². The van der Waals surface area contributed by atoms with Crippen molar-refractivity contribution in [3.63, 3.8) is 0 Å². The van der Waals surface area contributed by atoms with Gasteiger partial charge in [-0.25, -0.2) is 0 Å². The van der Waals surface area contributed by atoms with E-state index in [0.29, 0.717) is 33.8 Å². The van der Waals surface area contributed by atoms with Gasteiger partial charge in [0.25, 0.3) is 0 Å². The summed E-state index contributed by atoms with van der Waals surface area (Å²) in [5, 5.41) is 5.38. The molecule has 0 radical (unpaired) electrons. The zero-order chi connectivity index (χ0) is 21.9. The van der Waals surface area contributed by atoms with Gasteiger partial charge in [0.15, 0.2) is 11.5 Å². The van der Waals surface area contributed by atoms with E-state index in [-0.39, 0.29) is 5.54 Å². The minimum atomic E-state index is -0.158. The predicted molar refractivity (Wildman–Crippen MR) is 126 cm³/mol. The summed E-state index contributed by atoms with van der Waals surface area (Å²) in [5.74, 6) is 1.75. The number of hydrogen-bond donors (Lipinski definition) is 2. The number of nitrogens with two attached hydrogens (primary N) is 1. The molecule has 5 nitrogen and oxygen atoms in total. The predicted octanol–water partition coefficient (Wildman–Crippen LogP) is 6.58. The summed E-state index contributed by atoms with van der Waals surface area (Å²) in [6.07, 6.45) is 3.66. The molecule has 1 aromatic heterocycles. The number of rotatable bonds is 8. The van der Waals surface area contributed by atoms with Crippen molar-refractivity contribution in [1.29, 1.82) is 0 Å². The standard InChI is InChI=1S/C23H27Cl2N3O2/c1-14-8-11-27-21-18(28-23(2,3)9-5-10-26)13-19(29-4)22(20(14)21)30-15-6-7-16(24)17(25)12-15/h6-8,11-13,28H,5,9-10,26H2,1-4H3. The SMILES string of the molecule is COc1cc(NC(C)(C)CCCN)c2nccc(C)c2c1Oc1ccc(Cl)c(Cl)c1. The van der Waals surface area contributed by atoms with Crippen LogP contribution in [0, 0.1) is 6.92 Å². The molecule has 0 unspecified atom stereocenters. The Morgan fingerprint density at radius 2 is 1.90 bits per heavy atom. The van der Waals surface area contributed by atoms with Crippen molar-refractivity contribution in [3.05, 3.63) is 52.1 Å². The summed E-state index contributed by atoms with van der Waals surface area (Å²) in [6, 6.07) is 9.03. The van der Waals surface area contributed by atoms with Crippen molar-refractivity contribution in [1.82, 2.24) is 4.98 Å². The van der Waals surface area contributed by atoms with Crippen LogP contribution in [-0.4, -0.2) is 24.2 Å². The van der Waals surface area contributed by atoms with Crippen molar-refractivity contribution in [3.8, 4) is 17.2 Å². The van der Waals surface area contributed by atoms with Gasteiger partial charge < -0.3 is 20.5 Å². The van der Waals surface area contributed by atoms with Gasteiger partial charge in [-0.1, -0.05) is 23.2 Å². The highest BCUT2D eigenvalue weighted by molar-refractivity contribution is 6.42. The van der Waals surface area contributed by atoms with Crippen LogP contribution in [-0.2, 0) is 0 Å². The van der Waals surface area contributed by atoms with Crippen molar-refractivity contribution in [2.45, 2.75) is 39.2 Å². The van der Waals surface area contributed by atoms with Crippen LogP contribution in [0.3, 0.4) is 0 Å². The molecule has 2 aromatic carbocycles. The Morgan fingerprint density at radius 3 is 2.57 bits per heavy atom. The van der Waals surface area contributed by atoms with Gasteiger partial charge in [-0.3, -0.25) is 4.98 Å². The first kappa shape index (κ1) is 22.5. The molecule has 1 heterocycles. The maximum atomic E-state index is 6.23. The number of nitrogens with zero attached hydrogens (tertiary/aromatic N) is 1. The number of halogens is 2. The normalized spacial score (nSPS) is 11.6. The third-order valence-corrected chi connectivity index (χ3v) is 5.69. The van der Waals surface area contributed by atoms with Gasteiger partial charge in [-0.05, 0) is 63.9 Å². The van der Waals surface area contributed by atoms with E-state index in [9.17, 15) is 0 Å². The Labute approximate surface area is 187 Å². The van der Waals surface area contributed by atoms with Crippen molar-refractivity contribution < 1.29 is 9.47 Å². The Morgan fingerprint density at radius 1 is 1.13 bits per heavy atom. The van der Waals surface area contributed by atoms with Gasteiger partial charge in [0, 0.05) is 23.9 Å². The van der Waals surface area contributed by atoms with Crippen molar-refractivity contribution in [2.75, 3.05) is 19.0 Å². The second-order valence-corrected chi connectivity index (χ2v) is 8.70. The summed E-state index contributed by atoms with van der Waals surface area (Å²) in [6.45, 7) is 6.98. The number of ether oxygens (including phenoxy) is 2. The van der Waals surface area contributed by atoms with Gasteiger partial charge in [0.05, 0.1) is 33.7 Å². The number of pyridine rings is 1. The highest BCUT2D eigenvalue weighted by atomic mass is 35.5. The summed E-state index contributed by atoms with van der Waals surface area (Å²) in [4.78, 5) is 4.65.